The van der Waals surface area contributed by atoms with Crippen molar-refractivity contribution in [3.05, 3.63) is 59.1 Å². The van der Waals surface area contributed by atoms with Crippen LogP contribution in [0.3, 0.4) is 0 Å². The predicted molar refractivity (Wildman–Crippen MR) is 105 cm³/mol. The van der Waals surface area contributed by atoms with Crippen molar-refractivity contribution in [2.75, 3.05) is 33.5 Å². The molecule has 0 radical (unpaired) electrons. The molecular weight excluding hydrogens is 356 g/mol. The van der Waals surface area contributed by atoms with Crippen LogP contribution in [0.15, 0.2) is 53.4 Å². The monoisotopic (exact) mass is 378 g/mol. The van der Waals surface area contributed by atoms with Crippen molar-refractivity contribution in [2.45, 2.75) is 10.9 Å². The van der Waals surface area contributed by atoms with Crippen molar-refractivity contribution in [3.63, 3.8) is 0 Å². The number of carbonyl (C=O) groups is 1. The molecule has 25 heavy (non-hydrogen) atoms. The number of carbonyl (C=O) groups excluding carboxylic acids is 1. The summed E-state index contributed by atoms with van der Waals surface area (Å²) >= 11 is 7.55. The fourth-order valence-corrected chi connectivity index (χ4v) is 3.46. The molecule has 2 aromatic rings. The molecule has 0 bridgehead atoms. The van der Waals surface area contributed by atoms with Crippen LogP contribution >= 0.6 is 23.4 Å². The van der Waals surface area contributed by atoms with Crippen LogP contribution in [-0.2, 0) is 4.79 Å². The van der Waals surface area contributed by atoms with Crippen LogP contribution in [-0.4, -0.2) is 44.3 Å². The number of rotatable bonds is 8. The molecule has 0 spiro atoms. The molecule has 1 unspecified atom stereocenters. The Morgan fingerprint density at radius 1 is 1.20 bits per heavy atom. The lowest BCUT2D eigenvalue weighted by Gasteiger charge is -2.25. The predicted octanol–water partition coefficient (Wildman–Crippen LogP) is 3.86. The van der Waals surface area contributed by atoms with Gasteiger partial charge >= 0.3 is 0 Å². The summed E-state index contributed by atoms with van der Waals surface area (Å²) in [5.74, 6) is 1.15. The van der Waals surface area contributed by atoms with Crippen molar-refractivity contribution < 1.29 is 9.53 Å². The van der Waals surface area contributed by atoms with Gasteiger partial charge in [-0.15, -0.1) is 11.8 Å². The number of halogens is 1. The number of methoxy groups -OCH3 is 1. The molecule has 0 saturated heterocycles. The Morgan fingerprint density at radius 3 is 2.48 bits per heavy atom. The van der Waals surface area contributed by atoms with Crippen molar-refractivity contribution in [2.24, 2.45) is 0 Å². The Morgan fingerprint density at radius 2 is 1.88 bits per heavy atom. The van der Waals surface area contributed by atoms with Crippen LogP contribution in [0.4, 0.5) is 0 Å². The average molecular weight is 379 g/mol. The average Bonchev–Trinajstić information content (AvgIpc) is 2.61. The molecule has 1 N–H and O–H groups in total. The minimum atomic E-state index is -0.00900. The largest absolute Gasteiger partial charge is 0.497 e. The zero-order valence-corrected chi connectivity index (χ0v) is 16.2. The number of benzene rings is 2. The maximum absolute atomic E-state index is 12.2. The molecule has 4 nitrogen and oxygen atoms in total. The molecule has 1 atom stereocenters. The zero-order chi connectivity index (χ0) is 18.2. The third-order valence-corrected chi connectivity index (χ3v) is 5.33. The summed E-state index contributed by atoms with van der Waals surface area (Å²) in [5, 5.41) is 3.68. The molecule has 0 heterocycles. The summed E-state index contributed by atoms with van der Waals surface area (Å²) in [6.07, 6.45) is 0. The number of hydrogen-bond acceptors (Lipinski definition) is 4. The van der Waals surface area contributed by atoms with E-state index in [9.17, 15) is 4.79 Å². The van der Waals surface area contributed by atoms with Crippen LogP contribution < -0.4 is 10.1 Å². The lowest BCUT2D eigenvalue weighted by Crippen LogP contribution is -2.35. The number of thioether (sulfide) groups is 1. The minimum absolute atomic E-state index is 0.00900. The first kappa shape index (κ1) is 19.6. The van der Waals surface area contributed by atoms with Crippen LogP contribution in [0.2, 0.25) is 5.02 Å². The van der Waals surface area contributed by atoms with E-state index in [0.717, 1.165) is 16.2 Å². The highest BCUT2D eigenvalue weighted by Crippen LogP contribution is 2.26. The van der Waals surface area contributed by atoms with Crippen molar-refractivity contribution >= 4 is 29.3 Å². The van der Waals surface area contributed by atoms with E-state index < -0.39 is 0 Å². The van der Waals surface area contributed by atoms with Gasteiger partial charge in [0.25, 0.3) is 0 Å². The van der Waals surface area contributed by atoms with E-state index in [-0.39, 0.29) is 11.9 Å². The van der Waals surface area contributed by atoms with Gasteiger partial charge in [0.2, 0.25) is 5.91 Å². The van der Waals surface area contributed by atoms with E-state index in [0.29, 0.717) is 17.3 Å². The zero-order valence-electron chi connectivity index (χ0n) is 14.7. The van der Waals surface area contributed by atoms with Gasteiger partial charge < -0.3 is 15.0 Å². The molecule has 0 saturated carbocycles. The molecule has 134 valence electrons. The van der Waals surface area contributed by atoms with Crippen LogP contribution in [0.5, 0.6) is 5.75 Å². The summed E-state index contributed by atoms with van der Waals surface area (Å²) in [4.78, 5) is 15.2. The maximum atomic E-state index is 12.2. The second-order valence-corrected chi connectivity index (χ2v) is 7.20. The number of amides is 1. The first-order chi connectivity index (χ1) is 12.0. The van der Waals surface area contributed by atoms with Crippen LogP contribution in [0, 0.1) is 0 Å². The van der Waals surface area contributed by atoms with Crippen molar-refractivity contribution in [1.82, 2.24) is 10.2 Å². The molecule has 0 aliphatic heterocycles. The Balaban J connectivity index is 1.89. The second kappa shape index (κ2) is 9.70. The third kappa shape index (κ3) is 5.96. The molecule has 2 rings (SSSR count). The summed E-state index contributed by atoms with van der Waals surface area (Å²) in [6, 6.07) is 15.5. The van der Waals surface area contributed by atoms with Gasteiger partial charge in [-0.05, 0) is 43.9 Å². The van der Waals surface area contributed by atoms with E-state index in [4.69, 9.17) is 16.3 Å². The highest BCUT2D eigenvalue weighted by atomic mass is 35.5. The topological polar surface area (TPSA) is 41.6 Å². The van der Waals surface area contributed by atoms with Gasteiger partial charge in [0.05, 0.1) is 23.9 Å². The second-order valence-electron chi connectivity index (χ2n) is 5.78. The lowest BCUT2D eigenvalue weighted by atomic mass is 10.1. The summed E-state index contributed by atoms with van der Waals surface area (Å²) in [7, 11) is 5.65. The molecule has 2 aromatic carbocycles. The standard InChI is InChI=1S/C19H23ClN2O2S/c1-22(2)17(14-8-10-15(24-3)11-9-14)12-21-19(23)13-25-18-7-5-4-6-16(18)20/h4-11,17H,12-13H2,1-3H3,(H,21,23). The van der Waals surface area contributed by atoms with E-state index in [1.54, 1.807) is 7.11 Å². The fraction of sp³-hybridized carbons (Fsp3) is 0.316. The smallest absolute Gasteiger partial charge is 0.230 e. The fourth-order valence-electron chi connectivity index (χ4n) is 2.39. The van der Waals surface area contributed by atoms with Crippen LogP contribution in [0.1, 0.15) is 11.6 Å². The highest BCUT2D eigenvalue weighted by molar-refractivity contribution is 8.00. The van der Waals surface area contributed by atoms with Gasteiger partial charge in [-0.3, -0.25) is 4.79 Å². The molecule has 6 heteroatoms. The number of hydrogen-bond donors (Lipinski definition) is 1. The molecule has 0 aliphatic carbocycles. The van der Waals surface area contributed by atoms with E-state index in [1.165, 1.54) is 11.8 Å². The van der Waals surface area contributed by atoms with E-state index in [2.05, 4.69) is 10.2 Å². The Labute approximate surface area is 158 Å². The van der Waals surface area contributed by atoms with Gasteiger partial charge in [-0.1, -0.05) is 35.9 Å². The van der Waals surface area contributed by atoms with E-state index in [1.807, 2.05) is 62.6 Å². The molecule has 0 fully saturated rings. The highest BCUT2D eigenvalue weighted by Gasteiger charge is 2.15. The molecule has 1 amide bonds. The Bertz CT molecular complexity index is 692. The summed E-state index contributed by atoms with van der Waals surface area (Å²) in [6.45, 7) is 0.543. The first-order valence-corrected chi connectivity index (χ1v) is 9.32. The number of ether oxygens (including phenoxy) is 1. The first-order valence-electron chi connectivity index (χ1n) is 7.95. The lowest BCUT2D eigenvalue weighted by molar-refractivity contribution is -0.118. The van der Waals surface area contributed by atoms with Crippen molar-refractivity contribution in [3.8, 4) is 5.75 Å². The Kier molecular flexibility index (Phi) is 7.62. The van der Waals surface area contributed by atoms with Gasteiger partial charge in [0.15, 0.2) is 0 Å². The van der Waals surface area contributed by atoms with Gasteiger partial charge in [-0.2, -0.15) is 0 Å². The summed E-state index contributed by atoms with van der Waals surface area (Å²) in [5.41, 5.74) is 1.13. The minimum Gasteiger partial charge on any atom is -0.497 e. The Hall–Kier alpha value is -1.69. The molecule has 0 aliphatic rings. The van der Waals surface area contributed by atoms with Crippen molar-refractivity contribution in [1.29, 1.82) is 0 Å². The van der Waals surface area contributed by atoms with Gasteiger partial charge in [-0.25, -0.2) is 0 Å². The maximum Gasteiger partial charge on any atom is 0.230 e. The van der Waals surface area contributed by atoms with Gasteiger partial charge in [0.1, 0.15) is 5.75 Å². The van der Waals surface area contributed by atoms with E-state index >= 15 is 0 Å². The molecule has 0 aromatic heterocycles. The van der Waals surface area contributed by atoms with Crippen LogP contribution in [0.25, 0.3) is 0 Å². The SMILES string of the molecule is COc1ccc(C(CNC(=O)CSc2ccccc2Cl)N(C)C)cc1. The van der Waals surface area contributed by atoms with Gasteiger partial charge in [0, 0.05) is 11.4 Å². The normalized spacial score (nSPS) is 12.0. The number of nitrogens with zero attached hydrogens (tertiary/aromatic N) is 1. The number of nitrogens with one attached hydrogen (secondary N) is 1. The number of likely N-dealkylation sites (N-methyl/N-ethyl adjacent to an activating group) is 1. The summed E-state index contributed by atoms with van der Waals surface area (Å²) < 4.78 is 5.19. The quantitative estimate of drug-likeness (QED) is 0.708. The molecular formula is C19H23ClN2O2S. The third-order valence-electron chi connectivity index (χ3n) is 3.81.